The fourth-order valence-electron chi connectivity index (χ4n) is 2.70. The number of nitrogens with zero attached hydrogens (tertiary/aromatic N) is 1. The second-order valence-electron chi connectivity index (χ2n) is 6.71. The third-order valence-electron chi connectivity index (χ3n) is 4.21. The van der Waals surface area contributed by atoms with Crippen molar-refractivity contribution in [1.29, 1.82) is 0 Å². The lowest BCUT2D eigenvalue weighted by molar-refractivity contribution is 0.0977. The van der Waals surface area contributed by atoms with Crippen molar-refractivity contribution in [3.63, 3.8) is 0 Å². The smallest absolute Gasteiger partial charge is 0.257 e. The molecule has 2 aromatic rings. The first-order valence-electron chi connectivity index (χ1n) is 9.99. The zero-order valence-electron chi connectivity index (χ0n) is 17.9. The van der Waals surface area contributed by atoms with E-state index in [1.165, 1.54) is 28.6 Å². The minimum absolute atomic E-state index is 0.0884. The highest BCUT2D eigenvalue weighted by atomic mass is 32.2. The zero-order chi connectivity index (χ0) is 23.6. The molecule has 0 aliphatic heterocycles. The molecule has 0 radical (unpaired) electrons. The summed E-state index contributed by atoms with van der Waals surface area (Å²) < 4.78 is 32.3. The number of carbonyl (C=O) groups is 1. The molecule has 0 spiro atoms. The van der Waals surface area contributed by atoms with E-state index in [9.17, 15) is 13.2 Å². The molecule has 0 aromatic heterocycles. The van der Waals surface area contributed by atoms with Gasteiger partial charge in [0.1, 0.15) is 5.75 Å². The Balaban J connectivity index is 2.03. The van der Waals surface area contributed by atoms with Gasteiger partial charge in [0.05, 0.1) is 11.5 Å². The van der Waals surface area contributed by atoms with Gasteiger partial charge in [0, 0.05) is 24.3 Å². The molecular formula is C23H27N3O4S2. The molecule has 0 atom stereocenters. The van der Waals surface area contributed by atoms with Crippen LogP contribution in [0.5, 0.6) is 5.75 Å². The molecular weight excluding hydrogens is 446 g/mol. The van der Waals surface area contributed by atoms with E-state index in [1.54, 1.807) is 36.4 Å². The largest absolute Gasteiger partial charge is 0.494 e. The summed E-state index contributed by atoms with van der Waals surface area (Å²) in [4.78, 5) is 12.6. The number of rotatable bonds is 11. The number of anilines is 1. The van der Waals surface area contributed by atoms with E-state index in [2.05, 4.69) is 23.8 Å². The summed E-state index contributed by atoms with van der Waals surface area (Å²) in [5, 5.41) is 5.57. The lowest BCUT2D eigenvalue weighted by atomic mass is 10.2. The summed E-state index contributed by atoms with van der Waals surface area (Å²) in [5.41, 5.74) is 0.946. The normalized spacial score (nSPS) is 10.9. The molecule has 0 unspecified atom stereocenters. The maximum Gasteiger partial charge on any atom is 0.257 e. The summed E-state index contributed by atoms with van der Waals surface area (Å²) in [6.07, 6.45) is 3.90. The number of carbonyl (C=O) groups excluding carboxylic acids is 1. The van der Waals surface area contributed by atoms with Crippen molar-refractivity contribution in [3.05, 3.63) is 79.4 Å². The summed E-state index contributed by atoms with van der Waals surface area (Å²) >= 11 is 5.21. The fourth-order valence-corrected chi connectivity index (χ4v) is 4.29. The minimum Gasteiger partial charge on any atom is -0.494 e. The Morgan fingerprint density at radius 2 is 1.78 bits per heavy atom. The van der Waals surface area contributed by atoms with Crippen LogP contribution in [-0.2, 0) is 10.0 Å². The number of nitrogens with one attached hydrogen (secondary N) is 2. The quantitative estimate of drug-likeness (QED) is 0.379. The molecule has 0 saturated heterocycles. The van der Waals surface area contributed by atoms with Gasteiger partial charge in [-0.1, -0.05) is 25.1 Å². The van der Waals surface area contributed by atoms with Crippen LogP contribution in [-0.4, -0.2) is 43.4 Å². The summed E-state index contributed by atoms with van der Waals surface area (Å²) in [6.45, 7) is 10.1. The molecule has 2 N–H and O–H groups in total. The Labute approximate surface area is 194 Å². The van der Waals surface area contributed by atoms with Gasteiger partial charge in [0.15, 0.2) is 5.11 Å². The van der Waals surface area contributed by atoms with Crippen molar-refractivity contribution in [2.24, 2.45) is 0 Å². The molecule has 0 bridgehead atoms. The van der Waals surface area contributed by atoms with Crippen LogP contribution in [0.2, 0.25) is 0 Å². The van der Waals surface area contributed by atoms with E-state index < -0.39 is 10.0 Å². The van der Waals surface area contributed by atoms with Gasteiger partial charge in [-0.15, -0.1) is 13.2 Å². The Morgan fingerprint density at radius 1 is 1.12 bits per heavy atom. The van der Waals surface area contributed by atoms with E-state index >= 15 is 0 Å². The topological polar surface area (TPSA) is 87.7 Å². The van der Waals surface area contributed by atoms with E-state index in [1.807, 2.05) is 6.92 Å². The van der Waals surface area contributed by atoms with Crippen molar-refractivity contribution >= 4 is 38.9 Å². The van der Waals surface area contributed by atoms with Crippen LogP contribution in [0.3, 0.4) is 0 Å². The highest BCUT2D eigenvalue weighted by Crippen LogP contribution is 2.19. The molecule has 2 aromatic carbocycles. The van der Waals surface area contributed by atoms with Gasteiger partial charge in [-0.3, -0.25) is 10.1 Å². The molecule has 0 aliphatic carbocycles. The third kappa shape index (κ3) is 7.01. The van der Waals surface area contributed by atoms with E-state index in [4.69, 9.17) is 17.0 Å². The average molecular weight is 474 g/mol. The van der Waals surface area contributed by atoms with Crippen LogP contribution in [0.1, 0.15) is 23.7 Å². The molecule has 170 valence electrons. The summed E-state index contributed by atoms with van der Waals surface area (Å²) in [7, 11) is -3.69. The van der Waals surface area contributed by atoms with Crippen LogP contribution in [0.25, 0.3) is 0 Å². The summed E-state index contributed by atoms with van der Waals surface area (Å²) in [6, 6.07) is 12.9. The molecule has 32 heavy (non-hydrogen) atoms. The van der Waals surface area contributed by atoms with Crippen LogP contribution >= 0.6 is 12.2 Å². The Hall–Kier alpha value is -3.01. The predicted octanol–water partition coefficient (Wildman–Crippen LogP) is 3.96. The van der Waals surface area contributed by atoms with Gasteiger partial charge >= 0.3 is 0 Å². The molecule has 1 amide bonds. The Bertz CT molecular complexity index is 1060. The number of amides is 1. The monoisotopic (exact) mass is 473 g/mol. The van der Waals surface area contributed by atoms with E-state index in [0.29, 0.717) is 23.6 Å². The first-order valence-corrected chi connectivity index (χ1v) is 11.8. The number of ether oxygens (including phenoxy) is 1. The van der Waals surface area contributed by atoms with Crippen LogP contribution in [0.15, 0.2) is 78.7 Å². The fraction of sp³-hybridized carbons (Fsp3) is 0.217. The molecule has 0 aliphatic rings. The Morgan fingerprint density at radius 3 is 2.38 bits per heavy atom. The van der Waals surface area contributed by atoms with Crippen molar-refractivity contribution < 1.29 is 17.9 Å². The lowest BCUT2D eigenvalue weighted by Gasteiger charge is -2.19. The molecule has 0 fully saturated rings. The van der Waals surface area contributed by atoms with Crippen molar-refractivity contribution in [1.82, 2.24) is 9.62 Å². The first kappa shape index (κ1) is 25.3. The minimum atomic E-state index is -3.69. The maximum atomic E-state index is 12.8. The van der Waals surface area contributed by atoms with Gasteiger partial charge in [-0.25, -0.2) is 8.42 Å². The van der Waals surface area contributed by atoms with Crippen LogP contribution in [0, 0.1) is 0 Å². The first-order chi connectivity index (χ1) is 15.3. The molecule has 9 heteroatoms. The standard InChI is InChI=1S/C23H27N3O4S2/c1-4-14-26(15-5-2)32(28,29)21-12-10-19(11-13-21)24-23(31)25-22(27)18-8-7-9-20(17-18)30-16-6-3/h4-5,7-13,17H,1-2,6,14-16H2,3H3,(H2,24,25,27,31). The number of benzene rings is 2. The van der Waals surface area contributed by atoms with E-state index in [0.717, 1.165) is 6.42 Å². The number of thiocarbonyl (C=S) groups is 1. The molecule has 0 heterocycles. The predicted molar refractivity (Wildman–Crippen MR) is 132 cm³/mol. The van der Waals surface area contributed by atoms with Gasteiger partial charge < -0.3 is 10.1 Å². The van der Waals surface area contributed by atoms with E-state index in [-0.39, 0.29) is 29.0 Å². The highest BCUT2D eigenvalue weighted by molar-refractivity contribution is 7.89. The molecule has 0 saturated carbocycles. The highest BCUT2D eigenvalue weighted by Gasteiger charge is 2.22. The number of hydrogen-bond donors (Lipinski definition) is 2. The SMILES string of the molecule is C=CCN(CC=C)S(=O)(=O)c1ccc(NC(=S)NC(=O)c2cccc(OCCC)c2)cc1. The van der Waals surface area contributed by atoms with Gasteiger partial charge in [-0.2, -0.15) is 4.31 Å². The van der Waals surface area contributed by atoms with Crippen molar-refractivity contribution in [2.75, 3.05) is 25.0 Å². The van der Waals surface area contributed by atoms with Crippen molar-refractivity contribution in [2.45, 2.75) is 18.2 Å². The number of hydrogen-bond acceptors (Lipinski definition) is 5. The van der Waals surface area contributed by atoms with Crippen LogP contribution < -0.4 is 15.4 Å². The third-order valence-corrected chi connectivity index (χ3v) is 6.26. The maximum absolute atomic E-state index is 12.8. The lowest BCUT2D eigenvalue weighted by Crippen LogP contribution is -2.34. The molecule has 2 rings (SSSR count). The second-order valence-corrected chi connectivity index (χ2v) is 9.05. The Kier molecular flexibility index (Phi) is 9.58. The average Bonchev–Trinajstić information content (AvgIpc) is 2.78. The van der Waals surface area contributed by atoms with Gasteiger partial charge in [-0.05, 0) is 61.1 Å². The van der Waals surface area contributed by atoms with Gasteiger partial charge in [0.25, 0.3) is 5.91 Å². The van der Waals surface area contributed by atoms with Gasteiger partial charge in [0.2, 0.25) is 10.0 Å². The second kappa shape index (κ2) is 12.1. The number of sulfonamides is 1. The molecule has 7 nitrogen and oxygen atoms in total. The van der Waals surface area contributed by atoms with Crippen LogP contribution in [0.4, 0.5) is 5.69 Å². The van der Waals surface area contributed by atoms with Crippen molar-refractivity contribution in [3.8, 4) is 5.75 Å². The summed E-state index contributed by atoms with van der Waals surface area (Å²) in [5.74, 6) is 0.227. The zero-order valence-corrected chi connectivity index (χ0v) is 19.5.